The van der Waals surface area contributed by atoms with E-state index in [1.165, 1.54) is 0 Å². The molecular weight excluding hydrogens is 478 g/mol. The van der Waals surface area contributed by atoms with E-state index in [1.54, 1.807) is 12.1 Å². The maximum atomic E-state index is 12.2. The number of thioether (sulfide) groups is 1. The van der Waals surface area contributed by atoms with Gasteiger partial charge >= 0.3 is 5.97 Å². The summed E-state index contributed by atoms with van der Waals surface area (Å²) in [6.45, 7) is 0. The van der Waals surface area contributed by atoms with Gasteiger partial charge in [-0.3, -0.25) is 14.9 Å². The van der Waals surface area contributed by atoms with E-state index in [-0.39, 0.29) is 10.9 Å². The van der Waals surface area contributed by atoms with Crippen LogP contribution in [-0.2, 0) is 9.59 Å². The fraction of sp³-hybridized carbons (Fsp3) is 0.111. The van der Waals surface area contributed by atoms with E-state index in [0.717, 1.165) is 40.6 Å². The molecule has 2 atom stereocenters. The number of rotatable bonds is 4. The molecular formula is C27H19N3O5S. The van der Waals surface area contributed by atoms with Crippen molar-refractivity contribution < 1.29 is 23.9 Å². The number of benzene rings is 3. The molecule has 0 aromatic heterocycles. The summed E-state index contributed by atoms with van der Waals surface area (Å²) < 4.78 is 11.7. The first-order valence-corrected chi connectivity index (χ1v) is 12.1. The van der Waals surface area contributed by atoms with Gasteiger partial charge in [0.2, 0.25) is 6.23 Å². The summed E-state index contributed by atoms with van der Waals surface area (Å²) >= 11 is 0.662. The Labute approximate surface area is 210 Å². The minimum atomic E-state index is -0.741. The predicted octanol–water partition coefficient (Wildman–Crippen LogP) is 4.70. The van der Waals surface area contributed by atoms with E-state index in [0.29, 0.717) is 17.5 Å². The summed E-state index contributed by atoms with van der Waals surface area (Å²) in [5.74, 6) is -0.229. The van der Waals surface area contributed by atoms with Gasteiger partial charge in [-0.2, -0.15) is 5.10 Å². The lowest BCUT2D eigenvalue weighted by Crippen LogP contribution is -2.33. The summed E-state index contributed by atoms with van der Waals surface area (Å²) in [5, 5.41) is 8.51. The van der Waals surface area contributed by atoms with Crippen molar-refractivity contribution in [1.29, 1.82) is 0 Å². The zero-order valence-electron chi connectivity index (χ0n) is 18.8. The van der Waals surface area contributed by atoms with Crippen LogP contribution in [0.5, 0.6) is 11.5 Å². The average Bonchev–Trinajstić information content (AvgIpc) is 3.47. The minimum Gasteiger partial charge on any atom is -0.464 e. The van der Waals surface area contributed by atoms with Gasteiger partial charge < -0.3 is 9.47 Å². The lowest BCUT2D eigenvalue weighted by atomic mass is 9.96. The van der Waals surface area contributed by atoms with Gasteiger partial charge in [-0.05, 0) is 47.7 Å². The normalized spacial score (nSPS) is 21.4. The molecule has 3 aliphatic heterocycles. The van der Waals surface area contributed by atoms with Crippen LogP contribution >= 0.6 is 11.8 Å². The predicted molar refractivity (Wildman–Crippen MR) is 133 cm³/mol. The number of nitrogens with zero attached hydrogens (tertiary/aromatic N) is 2. The molecule has 0 aliphatic carbocycles. The highest BCUT2D eigenvalue weighted by Gasteiger charge is 2.40. The number of imide groups is 1. The van der Waals surface area contributed by atoms with E-state index in [9.17, 15) is 14.4 Å². The smallest absolute Gasteiger partial charge is 0.337 e. The molecule has 0 unspecified atom stereocenters. The highest BCUT2D eigenvalue weighted by Crippen LogP contribution is 2.47. The number of amides is 2. The summed E-state index contributed by atoms with van der Waals surface area (Å²) in [4.78, 5) is 35.1. The number of fused-ring (bicyclic) bond motifs is 3. The molecule has 0 saturated carbocycles. The molecule has 3 aromatic carbocycles. The van der Waals surface area contributed by atoms with Crippen LogP contribution in [0.15, 0.2) is 94.9 Å². The maximum Gasteiger partial charge on any atom is 0.337 e. The van der Waals surface area contributed by atoms with Gasteiger partial charge in [0.05, 0.1) is 16.7 Å². The van der Waals surface area contributed by atoms with Crippen molar-refractivity contribution in [3.05, 3.63) is 107 Å². The number of hydrazone groups is 1. The van der Waals surface area contributed by atoms with E-state index in [2.05, 4.69) is 23.5 Å². The van der Waals surface area contributed by atoms with E-state index in [4.69, 9.17) is 14.6 Å². The Balaban J connectivity index is 1.25. The number of nitrogens with one attached hydrogen (secondary N) is 1. The van der Waals surface area contributed by atoms with Crippen LogP contribution in [0, 0.1) is 0 Å². The average molecular weight is 498 g/mol. The molecule has 6 rings (SSSR count). The maximum absolute atomic E-state index is 12.2. The molecule has 1 N–H and O–H groups in total. The van der Waals surface area contributed by atoms with Crippen molar-refractivity contribution in [1.82, 2.24) is 10.3 Å². The van der Waals surface area contributed by atoms with Crippen molar-refractivity contribution >= 4 is 34.6 Å². The lowest BCUT2D eigenvalue weighted by molar-refractivity contribution is -0.129. The molecule has 0 bridgehead atoms. The standard InChI is InChI=1S/C27H19N3O5S/c31-24(15-23-25(32)28-27(33)36-23)34-18-12-10-17(11-13-18)26-30-21(19-8-4-5-9-22(19)35-26)14-20(29-30)16-6-2-1-3-7-16/h1-13,15,21,26H,14H2,(H,28,32,33)/b23-15-/t21-,26-/m1/s1. The Morgan fingerprint density at radius 3 is 2.53 bits per heavy atom. The Hall–Kier alpha value is -4.37. The van der Waals surface area contributed by atoms with Gasteiger partial charge in [0.1, 0.15) is 11.5 Å². The largest absolute Gasteiger partial charge is 0.464 e. The highest BCUT2D eigenvalue weighted by atomic mass is 32.2. The molecule has 1 saturated heterocycles. The molecule has 3 heterocycles. The number of esters is 1. The minimum absolute atomic E-state index is 0.00282. The summed E-state index contributed by atoms with van der Waals surface area (Å²) in [7, 11) is 0. The monoisotopic (exact) mass is 497 g/mol. The molecule has 0 spiro atoms. The number of para-hydroxylation sites is 1. The van der Waals surface area contributed by atoms with Crippen LogP contribution in [0.4, 0.5) is 4.79 Å². The van der Waals surface area contributed by atoms with Crippen LogP contribution < -0.4 is 14.8 Å². The molecule has 2 amide bonds. The zero-order chi connectivity index (χ0) is 24.6. The first-order valence-electron chi connectivity index (χ1n) is 11.3. The van der Waals surface area contributed by atoms with Gasteiger partial charge in [-0.15, -0.1) is 0 Å². The molecule has 36 heavy (non-hydrogen) atoms. The quantitative estimate of drug-likeness (QED) is 0.317. The Morgan fingerprint density at radius 2 is 1.78 bits per heavy atom. The van der Waals surface area contributed by atoms with Gasteiger partial charge in [-0.25, -0.2) is 9.80 Å². The lowest BCUT2D eigenvalue weighted by Gasteiger charge is -2.38. The third-order valence-electron chi connectivity index (χ3n) is 6.08. The number of ether oxygens (including phenoxy) is 2. The van der Waals surface area contributed by atoms with E-state index < -0.39 is 23.3 Å². The molecule has 8 nitrogen and oxygen atoms in total. The highest BCUT2D eigenvalue weighted by molar-refractivity contribution is 8.18. The molecule has 0 radical (unpaired) electrons. The third kappa shape index (κ3) is 4.14. The SMILES string of the molecule is O=C(/C=C1\SC(=O)NC1=O)Oc1ccc([C@H]2Oc3ccccc3[C@H]3CC(c4ccccc4)=NN32)cc1. The third-order valence-corrected chi connectivity index (χ3v) is 6.89. The van der Waals surface area contributed by atoms with Crippen LogP contribution in [0.2, 0.25) is 0 Å². The van der Waals surface area contributed by atoms with Crippen molar-refractivity contribution in [3.8, 4) is 11.5 Å². The molecule has 3 aromatic rings. The van der Waals surface area contributed by atoms with Crippen LogP contribution in [-0.4, -0.2) is 27.8 Å². The molecule has 3 aliphatic rings. The van der Waals surface area contributed by atoms with Crippen LogP contribution in [0.25, 0.3) is 0 Å². The summed E-state index contributed by atoms with van der Waals surface area (Å²) in [6, 6.07) is 25.1. The molecule has 178 valence electrons. The second-order valence-corrected chi connectivity index (χ2v) is 9.38. The number of carbonyl (C=O) groups excluding carboxylic acids is 3. The van der Waals surface area contributed by atoms with Crippen molar-refractivity contribution in [2.45, 2.75) is 18.7 Å². The van der Waals surface area contributed by atoms with Gasteiger partial charge in [0, 0.05) is 23.6 Å². The van der Waals surface area contributed by atoms with Crippen LogP contribution in [0.3, 0.4) is 0 Å². The topological polar surface area (TPSA) is 97.3 Å². The van der Waals surface area contributed by atoms with Crippen molar-refractivity contribution in [3.63, 3.8) is 0 Å². The van der Waals surface area contributed by atoms with Crippen molar-refractivity contribution in [2.24, 2.45) is 5.10 Å². The van der Waals surface area contributed by atoms with Gasteiger partial charge in [-0.1, -0.05) is 48.5 Å². The fourth-order valence-corrected chi connectivity index (χ4v) is 5.08. The van der Waals surface area contributed by atoms with Crippen molar-refractivity contribution in [2.75, 3.05) is 0 Å². The van der Waals surface area contributed by atoms with E-state index >= 15 is 0 Å². The number of hydrogen-bond acceptors (Lipinski definition) is 8. The summed E-state index contributed by atoms with van der Waals surface area (Å²) in [6.07, 6.45) is 1.32. The second-order valence-electron chi connectivity index (χ2n) is 8.36. The Kier molecular flexibility index (Phi) is 5.54. The van der Waals surface area contributed by atoms with E-state index in [1.807, 2.05) is 53.5 Å². The Bertz CT molecular complexity index is 1440. The number of hydrogen-bond donors (Lipinski definition) is 1. The fourth-order valence-electron chi connectivity index (χ4n) is 4.43. The molecule has 9 heteroatoms. The Morgan fingerprint density at radius 1 is 1.03 bits per heavy atom. The zero-order valence-corrected chi connectivity index (χ0v) is 19.6. The second kappa shape index (κ2) is 9.01. The van der Waals surface area contributed by atoms with Gasteiger partial charge in [0.15, 0.2) is 0 Å². The first kappa shape index (κ1) is 22.1. The van der Waals surface area contributed by atoms with Crippen LogP contribution in [0.1, 0.15) is 35.4 Å². The summed E-state index contributed by atoms with van der Waals surface area (Å²) in [5.41, 5.74) is 4.02. The number of carbonyl (C=O) groups is 3. The first-order chi connectivity index (χ1) is 17.5. The molecule has 1 fully saturated rings. The van der Waals surface area contributed by atoms with Gasteiger partial charge in [0.25, 0.3) is 11.1 Å².